The van der Waals surface area contributed by atoms with Crippen LogP contribution >= 0.6 is 12.6 Å². The second kappa shape index (κ2) is 5.34. The molecule has 0 aliphatic carbocycles. The van der Waals surface area contributed by atoms with E-state index in [9.17, 15) is 14.7 Å². The third-order valence-corrected chi connectivity index (χ3v) is 3.78. The molecule has 1 aliphatic heterocycles. The average molecular weight is 271 g/mol. The van der Waals surface area contributed by atoms with E-state index in [0.717, 1.165) is 5.57 Å². The van der Waals surface area contributed by atoms with E-state index >= 15 is 0 Å². The lowest BCUT2D eigenvalue weighted by Crippen LogP contribution is -2.44. The van der Waals surface area contributed by atoms with E-state index < -0.39 is 12.0 Å². The van der Waals surface area contributed by atoms with Crippen molar-refractivity contribution in [1.29, 1.82) is 0 Å². The van der Waals surface area contributed by atoms with Gasteiger partial charge in [0.1, 0.15) is 6.04 Å². The molecule has 0 spiro atoms. The van der Waals surface area contributed by atoms with Gasteiger partial charge in [-0.1, -0.05) is 27.7 Å². The molecule has 4 nitrogen and oxygen atoms in total. The Balaban J connectivity index is 2.97. The third-order valence-electron chi connectivity index (χ3n) is 3.23. The summed E-state index contributed by atoms with van der Waals surface area (Å²) in [5.41, 5.74) is 0.877. The molecule has 0 bridgehead atoms. The fourth-order valence-corrected chi connectivity index (χ4v) is 2.04. The minimum absolute atomic E-state index is 0.118. The third kappa shape index (κ3) is 3.07. The Labute approximate surface area is 113 Å². The molecule has 1 unspecified atom stereocenters. The zero-order chi connectivity index (χ0) is 14.1. The largest absolute Gasteiger partial charge is 0.479 e. The van der Waals surface area contributed by atoms with Gasteiger partial charge in [0.25, 0.3) is 0 Å². The molecule has 1 heterocycles. The summed E-state index contributed by atoms with van der Waals surface area (Å²) in [5, 5.41) is 9.21. The maximum absolute atomic E-state index is 12.1. The molecule has 102 valence electrons. The van der Waals surface area contributed by atoms with Crippen LogP contribution in [-0.4, -0.2) is 40.2 Å². The number of carboxylic acid groups (broad SMARTS) is 1. The molecule has 0 radical (unpaired) electrons. The van der Waals surface area contributed by atoms with Gasteiger partial charge in [0, 0.05) is 18.2 Å². The number of carbonyl (C=O) groups excluding carboxylic acids is 1. The van der Waals surface area contributed by atoms with Crippen molar-refractivity contribution in [3.63, 3.8) is 0 Å². The Morgan fingerprint density at radius 2 is 2.11 bits per heavy atom. The molecule has 0 aromatic heterocycles. The van der Waals surface area contributed by atoms with E-state index in [-0.39, 0.29) is 17.2 Å². The van der Waals surface area contributed by atoms with Crippen LogP contribution in [0.4, 0.5) is 0 Å². The van der Waals surface area contributed by atoms with Crippen molar-refractivity contribution in [2.24, 2.45) is 11.3 Å². The Bertz CT molecular complexity index is 384. The lowest BCUT2D eigenvalue weighted by Gasteiger charge is -2.26. The molecule has 0 saturated heterocycles. The van der Waals surface area contributed by atoms with Crippen LogP contribution in [0.25, 0.3) is 0 Å². The highest BCUT2D eigenvalue weighted by atomic mass is 32.1. The van der Waals surface area contributed by atoms with Crippen molar-refractivity contribution in [1.82, 2.24) is 4.90 Å². The molecule has 0 aromatic carbocycles. The first-order valence-corrected chi connectivity index (χ1v) is 6.67. The maximum atomic E-state index is 12.1. The van der Waals surface area contributed by atoms with Gasteiger partial charge in [-0.3, -0.25) is 4.79 Å². The summed E-state index contributed by atoms with van der Waals surface area (Å²) in [6.07, 6.45) is 1.70. The summed E-state index contributed by atoms with van der Waals surface area (Å²) in [5.74, 6) is -0.961. The molecule has 1 amide bonds. The van der Waals surface area contributed by atoms with Crippen molar-refractivity contribution < 1.29 is 14.7 Å². The molecular formula is C13H21NO3S. The number of nitrogens with zero attached hydrogens (tertiary/aromatic N) is 1. The fourth-order valence-electron chi connectivity index (χ4n) is 1.88. The molecule has 2 atom stereocenters. The van der Waals surface area contributed by atoms with Gasteiger partial charge in [-0.05, 0) is 17.1 Å². The number of hydrogen-bond acceptors (Lipinski definition) is 3. The fraction of sp³-hybridized carbons (Fsp3) is 0.692. The van der Waals surface area contributed by atoms with E-state index in [0.29, 0.717) is 12.3 Å². The SMILES string of the molecule is C[C@H](CS)C(=O)N1CC(C(C)(C)C)=CC1C(=O)O. The van der Waals surface area contributed by atoms with Crippen LogP contribution in [0, 0.1) is 11.3 Å². The highest BCUT2D eigenvalue weighted by Crippen LogP contribution is 2.32. The Hall–Kier alpha value is -0.970. The van der Waals surface area contributed by atoms with Crippen molar-refractivity contribution in [2.45, 2.75) is 33.7 Å². The van der Waals surface area contributed by atoms with Crippen LogP contribution in [0.1, 0.15) is 27.7 Å². The van der Waals surface area contributed by atoms with Gasteiger partial charge < -0.3 is 10.0 Å². The second-order valence-corrected chi connectivity index (χ2v) is 6.14. The van der Waals surface area contributed by atoms with Gasteiger partial charge in [0.05, 0.1) is 0 Å². The first-order valence-electron chi connectivity index (χ1n) is 6.03. The molecule has 0 fully saturated rings. The van der Waals surface area contributed by atoms with Gasteiger partial charge in [-0.15, -0.1) is 0 Å². The number of carbonyl (C=O) groups is 2. The van der Waals surface area contributed by atoms with Gasteiger partial charge >= 0.3 is 5.97 Å². The Morgan fingerprint density at radius 1 is 1.56 bits per heavy atom. The smallest absolute Gasteiger partial charge is 0.330 e. The highest BCUT2D eigenvalue weighted by molar-refractivity contribution is 7.80. The van der Waals surface area contributed by atoms with E-state index in [1.165, 1.54) is 4.90 Å². The normalized spacial score (nSPS) is 21.7. The molecule has 1 rings (SSSR count). The minimum Gasteiger partial charge on any atom is -0.479 e. The monoisotopic (exact) mass is 271 g/mol. The van der Waals surface area contributed by atoms with Crippen LogP contribution in [0.15, 0.2) is 11.6 Å². The molecule has 5 heteroatoms. The second-order valence-electron chi connectivity index (χ2n) is 5.77. The van der Waals surface area contributed by atoms with E-state index in [1.54, 1.807) is 13.0 Å². The standard InChI is InChI=1S/C13H21NO3S/c1-8(7-18)11(15)14-6-9(13(2,3)4)5-10(14)12(16)17/h5,8,10,18H,6-7H2,1-4H3,(H,16,17)/t8-,10?/m1/s1. The quantitative estimate of drug-likeness (QED) is 0.608. The number of amides is 1. The lowest BCUT2D eigenvalue weighted by atomic mass is 9.87. The van der Waals surface area contributed by atoms with Crippen LogP contribution in [0.5, 0.6) is 0 Å². The molecule has 1 N–H and O–H groups in total. The van der Waals surface area contributed by atoms with E-state index in [2.05, 4.69) is 12.6 Å². The zero-order valence-electron chi connectivity index (χ0n) is 11.3. The number of hydrogen-bond donors (Lipinski definition) is 2. The number of rotatable bonds is 3. The van der Waals surface area contributed by atoms with Crippen LogP contribution < -0.4 is 0 Å². The first kappa shape index (κ1) is 15.1. The zero-order valence-corrected chi connectivity index (χ0v) is 12.2. The number of carboxylic acids is 1. The van der Waals surface area contributed by atoms with E-state index in [1.807, 2.05) is 20.8 Å². The van der Waals surface area contributed by atoms with Gasteiger partial charge in [-0.25, -0.2) is 4.79 Å². The Kier molecular flexibility index (Phi) is 4.48. The summed E-state index contributed by atoms with van der Waals surface area (Å²) in [4.78, 5) is 24.8. The minimum atomic E-state index is -0.978. The van der Waals surface area contributed by atoms with Crippen LogP contribution in [-0.2, 0) is 9.59 Å². The maximum Gasteiger partial charge on any atom is 0.330 e. The van der Waals surface area contributed by atoms with Crippen LogP contribution in [0.3, 0.4) is 0 Å². The predicted octanol–water partition coefficient (Wildman–Crippen LogP) is 1.82. The van der Waals surface area contributed by atoms with Crippen molar-refractivity contribution >= 4 is 24.5 Å². The van der Waals surface area contributed by atoms with E-state index in [4.69, 9.17) is 0 Å². The topological polar surface area (TPSA) is 57.6 Å². The summed E-state index contributed by atoms with van der Waals surface area (Å²) >= 11 is 4.10. The van der Waals surface area contributed by atoms with Gasteiger partial charge in [-0.2, -0.15) is 12.6 Å². The summed E-state index contributed by atoms with van der Waals surface area (Å²) in [6, 6.07) is -0.839. The van der Waals surface area contributed by atoms with Crippen molar-refractivity contribution in [3.8, 4) is 0 Å². The number of thiol groups is 1. The number of aliphatic carboxylic acids is 1. The Morgan fingerprint density at radius 3 is 2.50 bits per heavy atom. The van der Waals surface area contributed by atoms with Crippen molar-refractivity contribution in [3.05, 3.63) is 11.6 Å². The molecule has 1 aliphatic rings. The highest BCUT2D eigenvalue weighted by Gasteiger charge is 2.38. The summed E-state index contributed by atoms with van der Waals surface area (Å²) in [6.45, 7) is 8.23. The average Bonchev–Trinajstić information content (AvgIpc) is 2.71. The predicted molar refractivity (Wildman–Crippen MR) is 73.7 cm³/mol. The summed E-state index contributed by atoms with van der Waals surface area (Å²) in [7, 11) is 0. The van der Waals surface area contributed by atoms with Crippen molar-refractivity contribution in [2.75, 3.05) is 12.3 Å². The first-order chi connectivity index (χ1) is 8.18. The molecule has 0 aromatic rings. The van der Waals surface area contributed by atoms with Crippen LogP contribution in [0.2, 0.25) is 0 Å². The van der Waals surface area contributed by atoms with Gasteiger partial charge in [0.15, 0.2) is 0 Å². The molecule has 0 saturated carbocycles. The summed E-state index contributed by atoms with van der Waals surface area (Å²) < 4.78 is 0. The molecule has 18 heavy (non-hydrogen) atoms. The lowest BCUT2D eigenvalue weighted by molar-refractivity contribution is -0.148. The molecular weight excluding hydrogens is 250 g/mol. The van der Waals surface area contributed by atoms with Gasteiger partial charge in [0.2, 0.25) is 5.91 Å².